The first-order chi connectivity index (χ1) is 7.66. The molecule has 3 nitrogen and oxygen atoms in total. The second-order valence-corrected chi connectivity index (χ2v) is 4.34. The van der Waals surface area contributed by atoms with Gasteiger partial charge in [0, 0.05) is 10.2 Å². The largest absolute Gasteiger partial charge is 0.472 e. The van der Waals surface area contributed by atoms with E-state index in [0.717, 1.165) is 15.7 Å². The summed E-state index contributed by atoms with van der Waals surface area (Å²) in [4.78, 5) is 11.8. The van der Waals surface area contributed by atoms with E-state index in [-0.39, 0.29) is 5.91 Å². The minimum Gasteiger partial charge on any atom is -0.472 e. The summed E-state index contributed by atoms with van der Waals surface area (Å²) in [7, 11) is 0. The molecule has 0 fully saturated rings. The molecule has 1 N–H and O–H groups in total. The Morgan fingerprint density at radius 2 is 2.19 bits per heavy atom. The Morgan fingerprint density at radius 3 is 2.88 bits per heavy atom. The molecular formula is C12H10BrNO2. The lowest BCUT2D eigenvalue weighted by Crippen LogP contribution is -2.11. The van der Waals surface area contributed by atoms with Gasteiger partial charge in [0.25, 0.3) is 5.91 Å². The molecular weight excluding hydrogens is 270 g/mol. The Labute approximate surface area is 102 Å². The summed E-state index contributed by atoms with van der Waals surface area (Å²) in [6, 6.07) is 7.37. The van der Waals surface area contributed by atoms with Crippen LogP contribution in [0.25, 0.3) is 0 Å². The summed E-state index contributed by atoms with van der Waals surface area (Å²) in [5.74, 6) is -0.171. The van der Waals surface area contributed by atoms with Crippen LogP contribution in [0, 0.1) is 6.92 Å². The first-order valence-corrected chi connectivity index (χ1v) is 5.56. The lowest BCUT2D eigenvalue weighted by Gasteiger charge is -2.07. The van der Waals surface area contributed by atoms with Crippen molar-refractivity contribution in [3.8, 4) is 0 Å². The predicted octanol–water partition coefficient (Wildman–Crippen LogP) is 3.60. The normalized spacial score (nSPS) is 10.1. The third-order valence-electron chi connectivity index (χ3n) is 2.23. The van der Waals surface area contributed by atoms with E-state index in [1.54, 1.807) is 6.07 Å². The van der Waals surface area contributed by atoms with Gasteiger partial charge in [-0.15, -0.1) is 0 Å². The van der Waals surface area contributed by atoms with Gasteiger partial charge in [-0.1, -0.05) is 22.0 Å². The number of nitrogens with one attached hydrogen (secondary N) is 1. The smallest absolute Gasteiger partial charge is 0.258 e. The molecule has 16 heavy (non-hydrogen) atoms. The van der Waals surface area contributed by atoms with Crippen LogP contribution in [0.5, 0.6) is 0 Å². The molecule has 0 radical (unpaired) electrons. The van der Waals surface area contributed by atoms with E-state index >= 15 is 0 Å². The standard InChI is InChI=1S/C12H10BrNO2/c1-8-2-3-10(13)6-11(8)14-12(15)9-4-5-16-7-9/h2-7H,1H3,(H,14,15). The second-order valence-electron chi connectivity index (χ2n) is 3.43. The molecule has 0 aliphatic rings. The molecule has 1 amide bonds. The van der Waals surface area contributed by atoms with E-state index < -0.39 is 0 Å². The van der Waals surface area contributed by atoms with Crippen LogP contribution in [0.4, 0.5) is 5.69 Å². The number of halogens is 1. The third kappa shape index (κ3) is 2.33. The van der Waals surface area contributed by atoms with Gasteiger partial charge < -0.3 is 9.73 Å². The Bertz CT molecular complexity index is 506. The summed E-state index contributed by atoms with van der Waals surface area (Å²) in [6.07, 6.45) is 2.89. The molecule has 0 aliphatic heterocycles. The number of rotatable bonds is 2. The maximum Gasteiger partial charge on any atom is 0.258 e. The first kappa shape index (κ1) is 11.0. The molecule has 0 saturated carbocycles. The Kier molecular flexibility index (Phi) is 3.10. The summed E-state index contributed by atoms with van der Waals surface area (Å²) >= 11 is 3.37. The molecule has 0 aliphatic carbocycles. The van der Waals surface area contributed by atoms with Crippen molar-refractivity contribution in [3.63, 3.8) is 0 Å². The van der Waals surface area contributed by atoms with Gasteiger partial charge in [-0.05, 0) is 30.7 Å². The van der Waals surface area contributed by atoms with Gasteiger partial charge in [0.05, 0.1) is 11.8 Å². The predicted molar refractivity (Wildman–Crippen MR) is 65.5 cm³/mol. The van der Waals surface area contributed by atoms with Crippen LogP contribution in [0.2, 0.25) is 0 Å². The average Bonchev–Trinajstić information content (AvgIpc) is 2.76. The Balaban J connectivity index is 2.21. The average molecular weight is 280 g/mol. The van der Waals surface area contributed by atoms with Crippen molar-refractivity contribution < 1.29 is 9.21 Å². The van der Waals surface area contributed by atoms with Crippen molar-refractivity contribution in [2.24, 2.45) is 0 Å². The number of benzene rings is 1. The monoisotopic (exact) mass is 279 g/mol. The van der Waals surface area contributed by atoms with Crippen LogP contribution in [0.15, 0.2) is 45.7 Å². The zero-order chi connectivity index (χ0) is 11.5. The molecule has 4 heteroatoms. The number of aryl methyl sites for hydroxylation is 1. The number of hydrogen-bond donors (Lipinski definition) is 1. The van der Waals surface area contributed by atoms with Crippen molar-refractivity contribution in [1.29, 1.82) is 0 Å². The van der Waals surface area contributed by atoms with Gasteiger partial charge in [-0.3, -0.25) is 4.79 Å². The molecule has 0 unspecified atom stereocenters. The van der Waals surface area contributed by atoms with Crippen molar-refractivity contribution >= 4 is 27.5 Å². The molecule has 0 bridgehead atoms. The zero-order valence-corrected chi connectivity index (χ0v) is 10.2. The molecule has 0 spiro atoms. The Morgan fingerprint density at radius 1 is 1.38 bits per heavy atom. The van der Waals surface area contributed by atoms with Gasteiger partial charge in [0.15, 0.2) is 0 Å². The molecule has 0 atom stereocenters. The Hall–Kier alpha value is -1.55. The van der Waals surface area contributed by atoms with E-state index in [0.29, 0.717) is 5.56 Å². The fourth-order valence-electron chi connectivity index (χ4n) is 1.32. The van der Waals surface area contributed by atoms with Crippen LogP contribution < -0.4 is 5.32 Å². The van der Waals surface area contributed by atoms with Crippen LogP contribution in [0.3, 0.4) is 0 Å². The fraction of sp³-hybridized carbons (Fsp3) is 0.0833. The van der Waals surface area contributed by atoms with E-state index in [2.05, 4.69) is 21.2 Å². The van der Waals surface area contributed by atoms with Crippen molar-refractivity contribution in [1.82, 2.24) is 0 Å². The maximum atomic E-state index is 11.8. The SMILES string of the molecule is Cc1ccc(Br)cc1NC(=O)c1ccoc1. The van der Waals surface area contributed by atoms with Gasteiger partial charge >= 0.3 is 0 Å². The van der Waals surface area contributed by atoms with E-state index in [1.165, 1.54) is 12.5 Å². The maximum absolute atomic E-state index is 11.8. The van der Waals surface area contributed by atoms with Crippen molar-refractivity contribution in [2.45, 2.75) is 6.92 Å². The lowest BCUT2D eigenvalue weighted by molar-refractivity contribution is 0.102. The number of hydrogen-bond acceptors (Lipinski definition) is 2. The van der Waals surface area contributed by atoms with Crippen molar-refractivity contribution in [3.05, 3.63) is 52.4 Å². The summed E-state index contributed by atoms with van der Waals surface area (Å²) in [5, 5.41) is 2.82. The van der Waals surface area contributed by atoms with Gasteiger partial charge in [-0.25, -0.2) is 0 Å². The van der Waals surface area contributed by atoms with Crippen LogP contribution in [-0.2, 0) is 0 Å². The first-order valence-electron chi connectivity index (χ1n) is 4.76. The van der Waals surface area contributed by atoms with Gasteiger partial charge in [0.1, 0.15) is 6.26 Å². The molecule has 1 aromatic carbocycles. The lowest BCUT2D eigenvalue weighted by atomic mass is 10.2. The molecule has 82 valence electrons. The molecule has 1 aromatic heterocycles. The van der Waals surface area contributed by atoms with E-state index in [4.69, 9.17) is 4.42 Å². The zero-order valence-electron chi connectivity index (χ0n) is 8.66. The minimum atomic E-state index is -0.171. The number of amides is 1. The highest BCUT2D eigenvalue weighted by Gasteiger charge is 2.08. The number of furan rings is 1. The van der Waals surface area contributed by atoms with E-state index in [9.17, 15) is 4.79 Å². The van der Waals surface area contributed by atoms with Crippen molar-refractivity contribution in [2.75, 3.05) is 5.32 Å². The van der Waals surface area contributed by atoms with Crippen LogP contribution in [-0.4, -0.2) is 5.91 Å². The van der Waals surface area contributed by atoms with Gasteiger partial charge in [0.2, 0.25) is 0 Å². The summed E-state index contributed by atoms with van der Waals surface area (Å²) in [5.41, 5.74) is 2.32. The third-order valence-corrected chi connectivity index (χ3v) is 2.72. The highest BCUT2D eigenvalue weighted by Crippen LogP contribution is 2.21. The van der Waals surface area contributed by atoms with Crippen LogP contribution >= 0.6 is 15.9 Å². The molecule has 2 aromatic rings. The molecule has 1 heterocycles. The van der Waals surface area contributed by atoms with E-state index in [1.807, 2.05) is 25.1 Å². The van der Waals surface area contributed by atoms with Crippen LogP contribution in [0.1, 0.15) is 15.9 Å². The topological polar surface area (TPSA) is 42.2 Å². The number of carbonyl (C=O) groups is 1. The number of carbonyl (C=O) groups excluding carboxylic acids is 1. The fourth-order valence-corrected chi connectivity index (χ4v) is 1.68. The second kappa shape index (κ2) is 4.53. The van der Waals surface area contributed by atoms with Gasteiger partial charge in [-0.2, -0.15) is 0 Å². The highest BCUT2D eigenvalue weighted by molar-refractivity contribution is 9.10. The summed E-state index contributed by atoms with van der Waals surface area (Å²) < 4.78 is 5.79. The minimum absolute atomic E-state index is 0.171. The quantitative estimate of drug-likeness (QED) is 0.913. The summed E-state index contributed by atoms with van der Waals surface area (Å²) in [6.45, 7) is 1.94. The highest BCUT2D eigenvalue weighted by atomic mass is 79.9. The molecule has 0 saturated heterocycles. The number of anilines is 1. The molecule has 2 rings (SSSR count).